The van der Waals surface area contributed by atoms with Gasteiger partial charge in [-0.3, -0.25) is 4.90 Å². The lowest BCUT2D eigenvalue weighted by molar-refractivity contribution is 0.0850. The third-order valence-electron chi connectivity index (χ3n) is 3.95. The molecule has 2 aliphatic heterocycles. The summed E-state index contributed by atoms with van der Waals surface area (Å²) in [6.07, 6.45) is 3.62. The Morgan fingerprint density at radius 1 is 1.28 bits per heavy atom. The van der Waals surface area contributed by atoms with Crippen molar-refractivity contribution in [2.45, 2.75) is 32.2 Å². The molecular weight excluding hydrogens is 272 g/mol. The Morgan fingerprint density at radius 2 is 2.06 bits per heavy atom. The predicted octanol–water partition coefficient (Wildman–Crippen LogP) is 1.36. The molecule has 0 saturated carbocycles. The number of rotatable bonds is 4. The molecule has 2 heterocycles. The number of hydrogen-bond donors (Lipinski definition) is 0. The van der Waals surface area contributed by atoms with Crippen LogP contribution in [0.3, 0.4) is 0 Å². The Hall–Kier alpha value is 0.160. The van der Waals surface area contributed by atoms with E-state index in [4.69, 9.17) is 11.6 Å². The fourth-order valence-corrected chi connectivity index (χ4v) is 4.93. The van der Waals surface area contributed by atoms with Gasteiger partial charge in [0.2, 0.25) is 10.0 Å². The normalized spacial score (nSPS) is 28.9. The molecule has 4 nitrogen and oxygen atoms in total. The lowest BCUT2D eigenvalue weighted by Gasteiger charge is -2.43. The molecule has 18 heavy (non-hydrogen) atoms. The minimum Gasteiger partial charge on any atom is -0.298 e. The van der Waals surface area contributed by atoms with Gasteiger partial charge in [0.15, 0.2) is 0 Å². The summed E-state index contributed by atoms with van der Waals surface area (Å²) in [5.74, 6) is 0.618. The molecule has 0 amide bonds. The quantitative estimate of drug-likeness (QED) is 0.735. The highest BCUT2D eigenvalue weighted by Crippen LogP contribution is 2.23. The molecule has 106 valence electrons. The summed E-state index contributed by atoms with van der Waals surface area (Å²) in [6.45, 7) is 5.24. The SMILES string of the molecule is CC(CCl)CS(=O)(=O)N1CCN2CCCCC2C1. The largest absolute Gasteiger partial charge is 0.298 e. The van der Waals surface area contributed by atoms with Crippen molar-refractivity contribution in [3.63, 3.8) is 0 Å². The number of fused-ring (bicyclic) bond motifs is 1. The minimum absolute atomic E-state index is 0.0288. The van der Waals surface area contributed by atoms with Crippen LogP contribution in [0.25, 0.3) is 0 Å². The molecule has 2 unspecified atom stereocenters. The molecule has 0 aromatic rings. The minimum atomic E-state index is -3.12. The number of nitrogens with zero attached hydrogens (tertiary/aromatic N) is 2. The Bertz CT molecular complexity index is 374. The van der Waals surface area contributed by atoms with Gasteiger partial charge in [0, 0.05) is 31.6 Å². The summed E-state index contributed by atoms with van der Waals surface area (Å²) in [5, 5.41) is 0. The highest BCUT2D eigenvalue weighted by molar-refractivity contribution is 7.89. The molecule has 0 bridgehead atoms. The van der Waals surface area contributed by atoms with E-state index < -0.39 is 10.0 Å². The Balaban J connectivity index is 1.97. The molecule has 2 atom stereocenters. The van der Waals surface area contributed by atoms with Crippen LogP contribution < -0.4 is 0 Å². The average Bonchev–Trinajstić information content (AvgIpc) is 2.37. The fraction of sp³-hybridized carbons (Fsp3) is 1.00. The van der Waals surface area contributed by atoms with E-state index in [1.165, 1.54) is 12.8 Å². The van der Waals surface area contributed by atoms with Crippen molar-refractivity contribution in [3.8, 4) is 0 Å². The zero-order valence-corrected chi connectivity index (χ0v) is 12.6. The third-order valence-corrected chi connectivity index (χ3v) is 6.59. The van der Waals surface area contributed by atoms with Crippen LogP contribution in [0.5, 0.6) is 0 Å². The van der Waals surface area contributed by atoms with Crippen molar-refractivity contribution in [2.75, 3.05) is 37.8 Å². The molecule has 2 saturated heterocycles. The van der Waals surface area contributed by atoms with E-state index in [9.17, 15) is 8.42 Å². The van der Waals surface area contributed by atoms with E-state index in [1.54, 1.807) is 4.31 Å². The van der Waals surface area contributed by atoms with Gasteiger partial charge in [0.05, 0.1) is 5.75 Å². The van der Waals surface area contributed by atoms with Crippen LogP contribution in [0.1, 0.15) is 26.2 Å². The van der Waals surface area contributed by atoms with Gasteiger partial charge in [-0.25, -0.2) is 8.42 Å². The maximum atomic E-state index is 12.3. The molecule has 0 aromatic heterocycles. The molecule has 0 aliphatic carbocycles. The number of hydrogen-bond acceptors (Lipinski definition) is 3. The van der Waals surface area contributed by atoms with Crippen LogP contribution in [0.4, 0.5) is 0 Å². The van der Waals surface area contributed by atoms with Gasteiger partial charge in [-0.05, 0) is 25.3 Å². The van der Waals surface area contributed by atoms with Crippen molar-refractivity contribution in [1.82, 2.24) is 9.21 Å². The monoisotopic (exact) mass is 294 g/mol. The van der Waals surface area contributed by atoms with Crippen molar-refractivity contribution < 1.29 is 8.42 Å². The first-order chi connectivity index (χ1) is 8.53. The van der Waals surface area contributed by atoms with E-state index >= 15 is 0 Å². The van der Waals surface area contributed by atoms with E-state index in [0.717, 1.165) is 19.5 Å². The first kappa shape index (κ1) is 14.6. The second-order valence-electron chi connectivity index (χ2n) is 5.58. The van der Waals surface area contributed by atoms with Gasteiger partial charge in [-0.15, -0.1) is 11.6 Å². The summed E-state index contributed by atoms with van der Waals surface area (Å²) in [6, 6.07) is 0.439. The average molecular weight is 295 g/mol. The Morgan fingerprint density at radius 3 is 2.78 bits per heavy atom. The van der Waals surface area contributed by atoms with Gasteiger partial charge >= 0.3 is 0 Å². The van der Waals surface area contributed by atoms with Gasteiger partial charge < -0.3 is 0 Å². The van der Waals surface area contributed by atoms with Crippen molar-refractivity contribution in [1.29, 1.82) is 0 Å². The number of piperazine rings is 1. The van der Waals surface area contributed by atoms with E-state index in [-0.39, 0.29) is 11.7 Å². The van der Waals surface area contributed by atoms with Crippen molar-refractivity contribution in [2.24, 2.45) is 5.92 Å². The van der Waals surface area contributed by atoms with Crippen LogP contribution in [-0.4, -0.2) is 61.5 Å². The predicted molar refractivity (Wildman–Crippen MR) is 74.5 cm³/mol. The smallest absolute Gasteiger partial charge is 0.214 e. The van der Waals surface area contributed by atoms with Crippen LogP contribution in [0.2, 0.25) is 0 Å². The van der Waals surface area contributed by atoms with Crippen LogP contribution in [-0.2, 0) is 10.0 Å². The second-order valence-corrected chi connectivity index (χ2v) is 7.90. The molecule has 0 spiro atoms. The van der Waals surface area contributed by atoms with Gasteiger partial charge in [0.1, 0.15) is 0 Å². The first-order valence-corrected chi connectivity index (χ1v) is 8.95. The highest BCUT2D eigenvalue weighted by Gasteiger charge is 2.34. The zero-order chi connectivity index (χ0) is 13.2. The second kappa shape index (κ2) is 6.07. The van der Waals surface area contributed by atoms with Crippen LogP contribution in [0.15, 0.2) is 0 Å². The maximum Gasteiger partial charge on any atom is 0.214 e. The van der Waals surface area contributed by atoms with E-state index in [1.807, 2.05) is 6.92 Å². The fourth-order valence-electron chi connectivity index (χ4n) is 2.89. The standard InChI is InChI=1S/C12H23ClN2O2S/c1-11(8-13)10-18(16,17)15-7-6-14-5-3-2-4-12(14)9-15/h11-12H,2-10H2,1H3. The molecular formula is C12H23ClN2O2S. The first-order valence-electron chi connectivity index (χ1n) is 6.81. The maximum absolute atomic E-state index is 12.3. The van der Waals surface area contributed by atoms with Crippen LogP contribution in [0, 0.1) is 5.92 Å². The van der Waals surface area contributed by atoms with Crippen molar-refractivity contribution >= 4 is 21.6 Å². The van der Waals surface area contributed by atoms with Crippen LogP contribution >= 0.6 is 11.6 Å². The molecule has 0 radical (unpaired) electrons. The highest BCUT2D eigenvalue weighted by atomic mass is 35.5. The summed E-state index contributed by atoms with van der Waals surface area (Å²) in [4.78, 5) is 2.44. The summed E-state index contributed by atoms with van der Waals surface area (Å²) < 4.78 is 26.2. The summed E-state index contributed by atoms with van der Waals surface area (Å²) in [5.41, 5.74) is 0. The number of alkyl halides is 1. The topological polar surface area (TPSA) is 40.6 Å². The summed E-state index contributed by atoms with van der Waals surface area (Å²) >= 11 is 5.72. The van der Waals surface area contributed by atoms with Gasteiger partial charge in [-0.2, -0.15) is 4.31 Å². The Kier molecular flexibility index (Phi) is 4.92. The molecule has 2 rings (SSSR count). The van der Waals surface area contributed by atoms with Crippen molar-refractivity contribution in [3.05, 3.63) is 0 Å². The molecule has 6 heteroatoms. The number of sulfonamides is 1. The number of halogens is 1. The van der Waals surface area contributed by atoms with E-state index in [0.29, 0.717) is 25.0 Å². The molecule has 0 aromatic carbocycles. The summed E-state index contributed by atoms with van der Waals surface area (Å²) in [7, 11) is -3.12. The van der Waals surface area contributed by atoms with E-state index in [2.05, 4.69) is 4.90 Å². The molecule has 2 aliphatic rings. The lowest BCUT2D eigenvalue weighted by atomic mass is 10.0. The lowest BCUT2D eigenvalue weighted by Crippen LogP contribution is -2.56. The molecule has 0 N–H and O–H groups in total. The zero-order valence-electron chi connectivity index (χ0n) is 11.0. The third kappa shape index (κ3) is 3.38. The number of piperidine rings is 1. The van der Waals surface area contributed by atoms with Gasteiger partial charge in [0.25, 0.3) is 0 Å². The molecule has 2 fully saturated rings. The Labute approximate surface area is 115 Å². The van der Waals surface area contributed by atoms with Gasteiger partial charge in [-0.1, -0.05) is 13.3 Å².